The number of carboxylic acids is 1. The summed E-state index contributed by atoms with van der Waals surface area (Å²) < 4.78 is 7.74. The summed E-state index contributed by atoms with van der Waals surface area (Å²) in [5.74, 6) is 0.0269. The smallest absolute Gasteiger partial charge is 0.335 e. The average Bonchev–Trinajstić information content (AvgIpc) is 2.78. The van der Waals surface area contributed by atoms with Crippen LogP contribution in [0.3, 0.4) is 0 Å². The SMILES string of the molecule is COc1cc(/N=c2\[nH]c(=O)n(CCC(=O)O)c(=O)n2Cc2ccc(C)cc2)ccc1CC(C)C. The van der Waals surface area contributed by atoms with Crippen LogP contribution in [0.5, 0.6) is 5.75 Å². The zero-order valence-electron chi connectivity index (χ0n) is 19.9. The summed E-state index contributed by atoms with van der Waals surface area (Å²) in [6.07, 6.45) is 0.492. The summed E-state index contributed by atoms with van der Waals surface area (Å²) in [5.41, 5.74) is 2.20. The third kappa shape index (κ3) is 6.12. The van der Waals surface area contributed by atoms with Crippen LogP contribution in [0.25, 0.3) is 0 Å². The molecule has 180 valence electrons. The quantitative estimate of drug-likeness (QED) is 0.503. The van der Waals surface area contributed by atoms with Gasteiger partial charge in [0.1, 0.15) is 5.75 Å². The Kier molecular flexibility index (Phi) is 7.88. The number of aromatic amines is 1. The van der Waals surface area contributed by atoms with E-state index in [2.05, 4.69) is 23.8 Å². The van der Waals surface area contributed by atoms with Crippen LogP contribution in [0.1, 0.15) is 37.0 Å². The van der Waals surface area contributed by atoms with Gasteiger partial charge in [-0.25, -0.2) is 19.1 Å². The molecule has 1 aromatic heterocycles. The molecule has 0 atom stereocenters. The van der Waals surface area contributed by atoms with Crippen molar-refractivity contribution in [3.63, 3.8) is 0 Å². The van der Waals surface area contributed by atoms with Crippen molar-refractivity contribution in [3.8, 4) is 5.75 Å². The maximum Gasteiger partial charge on any atom is 0.335 e. The Labute approximate surface area is 197 Å². The lowest BCUT2D eigenvalue weighted by Gasteiger charge is -2.12. The number of methoxy groups -OCH3 is 1. The first kappa shape index (κ1) is 24.8. The number of H-pyrrole nitrogens is 1. The van der Waals surface area contributed by atoms with E-state index in [1.807, 2.05) is 43.3 Å². The topological polar surface area (TPSA) is 119 Å². The standard InChI is InChI=1S/C25H30N4O5/c1-16(2)13-19-9-10-20(14-21(19)34-4)26-23-27-24(32)28(12-11-22(30)31)25(33)29(23)15-18-7-5-17(3)6-8-18/h5-10,14,16H,11-13,15H2,1-4H3,(H,30,31)(H,26,27,32). The summed E-state index contributed by atoms with van der Waals surface area (Å²) in [5, 5.41) is 9.00. The predicted octanol–water partition coefficient (Wildman–Crippen LogP) is 2.61. The Balaban J connectivity index is 2.16. The van der Waals surface area contributed by atoms with Crippen LogP contribution < -0.4 is 21.7 Å². The fourth-order valence-electron chi connectivity index (χ4n) is 3.60. The minimum Gasteiger partial charge on any atom is -0.496 e. The van der Waals surface area contributed by atoms with Crippen LogP contribution in [-0.2, 0) is 24.3 Å². The van der Waals surface area contributed by atoms with E-state index in [1.54, 1.807) is 13.2 Å². The Morgan fingerprint density at radius 3 is 2.44 bits per heavy atom. The highest BCUT2D eigenvalue weighted by atomic mass is 16.5. The number of hydrogen-bond donors (Lipinski definition) is 2. The maximum absolute atomic E-state index is 13.2. The number of carboxylic acid groups (broad SMARTS) is 1. The van der Waals surface area contributed by atoms with Crippen molar-refractivity contribution in [2.75, 3.05) is 7.11 Å². The van der Waals surface area contributed by atoms with Gasteiger partial charge in [0.15, 0.2) is 0 Å². The molecule has 0 aliphatic heterocycles. The lowest BCUT2D eigenvalue weighted by Crippen LogP contribution is -2.50. The molecule has 9 nitrogen and oxygen atoms in total. The molecular formula is C25H30N4O5. The molecule has 0 fully saturated rings. The fourth-order valence-corrected chi connectivity index (χ4v) is 3.60. The van der Waals surface area contributed by atoms with Gasteiger partial charge >= 0.3 is 17.3 Å². The molecule has 0 aliphatic carbocycles. The molecule has 3 aromatic rings. The number of benzene rings is 2. The second-order valence-electron chi connectivity index (χ2n) is 8.61. The number of aryl methyl sites for hydroxylation is 1. The van der Waals surface area contributed by atoms with E-state index in [4.69, 9.17) is 9.84 Å². The lowest BCUT2D eigenvalue weighted by molar-refractivity contribution is -0.137. The van der Waals surface area contributed by atoms with Crippen LogP contribution in [0.15, 0.2) is 57.0 Å². The average molecular weight is 467 g/mol. The number of carbonyl (C=O) groups is 1. The fraction of sp³-hybridized carbons (Fsp3) is 0.360. The van der Waals surface area contributed by atoms with Crippen molar-refractivity contribution in [2.24, 2.45) is 10.9 Å². The Bertz CT molecular complexity index is 1350. The van der Waals surface area contributed by atoms with Gasteiger partial charge in [0.25, 0.3) is 0 Å². The third-order valence-electron chi connectivity index (χ3n) is 5.33. The molecule has 0 unspecified atom stereocenters. The Hall–Kier alpha value is -3.88. The molecule has 1 heterocycles. The number of aliphatic carboxylic acids is 1. The summed E-state index contributed by atoms with van der Waals surface area (Å²) in [6, 6.07) is 13.1. The normalized spacial score (nSPS) is 11.7. The van der Waals surface area contributed by atoms with Crippen LogP contribution in [0.2, 0.25) is 0 Å². The maximum atomic E-state index is 13.2. The summed E-state index contributed by atoms with van der Waals surface area (Å²) in [7, 11) is 1.59. The molecule has 0 amide bonds. The van der Waals surface area contributed by atoms with E-state index in [0.717, 1.165) is 27.7 Å². The highest BCUT2D eigenvalue weighted by molar-refractivity contribution is 5.66. The van der Waals surface area contributed by atoms with Gasteiger partial charge in [0, 0.05) is 12.6 Å². The van der Waals surface area contributed by atoms with Gasteiger partial charge < -0.3 is 9.84 Å². The highest BCUT2D eigenvalue weighted by Crippen LogP contribution is 2.26. The number of nitrogens with one attached hydrogen (secondary N) is 1. The third-order valence-corrected chi connectivity index (χ3v) is 5.33. The molecule has 2 N–H and O–H groups in total. The number of aromatic nitrogens is 3. The molecule has 0 radical (unpaired) electrons. The van der Waals surface area contributed by atoms with E-state index in [9.17, 15) is 14.4 Å². The number of ether oxygens (including phenoxy) is 1. The number of rotatable bonds is 9. The van der Waals surface area contributed by atoms with Gasteiger partial charge in [0.2, 0.25) is 5.62 Å². The van der Waals surface area contributed by atoms with Gasteiger partial charge in [0.05, 0.1) is 25.8 Å². The molecule has 0 saturated carbocycles. The lowest BCUT2D eigenvalue weighted by atomic mass is 10.0. The van der Waals surface area contributed by atoms with Crippen LogP contribution in [0, 0.1) is 12.8 Å². The van der Waals surface area contributed by atoms with Gasteiger partial charge in [-0.3, -0.25) is 14.3 Å². The molecule has 2 aromatic carbocycles. The van der Waals surface area contributed by atoms with Crippen LogP contribution in [-0.4, -0.2) is 32.3 Å². The van der Waals surface area contributed by atoms with Gasteiger partial charge in [-0.1, -0.05) is 49.7 Å². The first-order valence-electron chi connectivity index (χ1n) is 11.1. The van der Waals surface area contributed by atoms with Crippen molar-refractivity contribution >= 4 is 11.7 Å². The highest BCUT2D eigenvalue weighted by Gasteiger charge is 2.12. The molecule has 34 heavy (non-hydrogen) atoms. The summed E-state index contributed by atoms with van der Waals surface area (Å²) in [4.78, 5) is 44.0. The molecule has 0 bridgehead atoms. The van der Waals surface area contributed by atoms with Crippen molar-refractivity contribution < 1.29 is 14.6 Å². The predicted molar refractivity (Wildman–Crippen MR) is 129 cm³/mol. The molecule has 9 heteroatoms. The molecule has 0 spiro atoms. The second-order valence-corrected chi connectivity index (χ2v) is 8.61. The Morgan fingerprint density at radius 1 is 1.12 bits per heavy atom. The molecule has 0 saturated heterocycles. The van der Waals surface area contributed by atoms with Gasteiger partial charge in [-0.05, 0) is 36.5 Å². The minimum atomic E-state index is -1.10. The zero-order chi connectivity index (χ0) is 24.8. The van der Waals surface area contributed by atoms with Gasteiger partial charge in [-0.2, -0.15) is 0 Å². The number of nitrogens with zero attached hydrogens (tertiary/aromatic N) is 3. The zero-order valence-corrected chi connectivity index (χ0v) is 19.9. The summed E-state index contributed by atoms with van der Waals surface area (Å²) >= 11 is 0. The van der Waals surface area contributed by atoms with Crippen molar-refractivity contribution in [1.29, 1.82) is 0 Å². The first-order valence-corrected chi connectivity index (χ1v) is 11.1. The largest absolute Gasteiger partial charge is 0.496 e. The van der Waals surface area contributed by atoms with Gasteiger partial charge in [-0.15, -0.1) is 0 Å². The minimum absolute atomic E-state index is 0.0702. The van der Waals surface area contributed by atoms with Crippen molar-refractivity contribution in [1.82, 2.24) is 14.1 Å². The van der Waals surface area contributed by atoms with E-state index in [0.29, 0.717) is 17.4 Å². The summed E-state index contributed by atoms with van der Waals surface area (Å²) in [6.45, 7) is 6.12. The number of hydrogen-bond acceptors (Lipinski definition) is 5. The molecule has 0 aliphatic rings. The van der Waals surface area contributed by atoms with Crippen LogP contribution in [0.4, 0.5) is 5.69 Å². The van der Waals surface area contributed by atoms with E-state index >= 15 is 0 Å². The van der Waals surface area contributed by atoms with Crippen molar-refractivity contribution in [3.05, 3.63) is 85.7 Å². The molecular weight excluding hydrogens is 436 g/mol. The molecule has 3 rings (SSSR count). The second kappa shape index (κ2) is 10.8. The monoisotopic (exact) mass is 466 g/mol. The van der Waals surface area contributed by atoms with E-state index < -0.39 is 17.3 Å². The Morgan fingerprint density at radius 2 is 1.82 bits per heavy atom. The van der Waals surface area contributed by atoms with Crippen molar-refractivity contribution in [2.45, 2.75) is 46.7 Å². The van der Waals surface area contributed by atoms with E-state index in [-0.39, 0.29) is 25.1 Å². The van der Waals surface area contributed by atoms with Crippen LogP contribution >= 0.6 is 0 Å². The first-order chi connectivity index (χ1) is 16.2. The van der Waals surface area contributed by atoms with E-state index in [1.165, 1.54) is 4.57 Å².